The predicted molar refractivity (Wildman–Crippen MR) is 85.8 cm³/mol. The Morgan fingerprint density at radius 3 is 2.73 bits per heavy atom. The van der Waals surface area contributed by atoms with Crippen LogP contribution in [0.4, 0.5) is 0 Å². The summed E-state index contributed by atoms with van der Waals surface area (Å²) in [5.74, 6) is 0.372. The van der Waals surface area contributed by atoms with Gasteiger partial charge in [0.2, 0.25) is 5.91 Å². The number of aromatic nitrogens is 2. The lowest BCUT2D eigenvalue weighted by Gasteiger charge is -2.15. The average molecular weight is 299 g/mol. The molecular formula is C17H21N3O2. The summed E-state index contributed by atoms with van der Waals surface area (Å²) in [6, 6.07) is 3.81. The van der Waals surface area contributed by atoms with Gasteiger partial charge < -0.3 is 4.90 Å². The van der Waals surface area contributed by atoms with Gasteiger partial charge >= 0.3 is 0 Å². The lowest BCUT2D eigenvalue weighted by atomic mass is 10.1. The van der Waals surface area contributed by atoms with Crippen molar-refractivity contribution >= 4 is 16.8 Å². The van der Waals surface area contributed by atoms with E-state index in [-0.39, 0.29) is 17.4 Å². The van der Waals surface area contributed by atoms with Crippen molar-refractivity contribution in [1.29, 1.82) is 0 Å². The standard InChI is InChI=1S/C17H21N3O2/c1-4-19-8-13(7-15(19)21)9-20-10-18-16-12(3)11(2)5-6-14(16)17(20)22/h5-6,10,13H,4,7-9H2,1-3H3. The zero-order valence-electron chi connectivity index (χ0n) is 13.3. The molecule has 1 fully saturated rings. The first-order chi connectivity index (χ1) is 10.5. The summed E-state index contributed by atoms with van der Waals surface area (Å²) in [5, 5.41) is 0.655. The first-order valence-electron chi connectivity index (χ1n) is 7.74. The van der Waals surface area contributed by atoms with E-state index in [0.29, 0.717) is 18.4 Å². The van der Waals surface area contributed by atoms with Crippen LogP contribution < -0.4 is 5.56 Å². The van der Waals surface area contributed by atoms with E-state index in [1.165, 1.54) is 0 Å². The van der Waals surface area contributed by atoms with Crippen LogP contribution in [0.2, 0.25) is 0 Å². The molecule has 5 heteroatoms. The van der Waals surface area contributed by atoms with E-state index in [2.05, 4.69) is 4.98 Å². The summed E-state index contributed by atoms with van der Waals surface area (Å²) in [5.41, 5.74) is 2.95. The molecular weight excluding hydrogens is 278 g/mol. The Kier molecular flexibility index (Phi) is 3.72. The zero-order valence-corrected chi connectivity index (χ0v) is 13.3. The predicted octanol–water partition coefficient (Wildman–Crippen LogP) is 1.88. The Balaban J connectivity index is 1.93. The molecule has 1 aliphatic heterocycles. The molecule has 1 unspecified atom stereocenters. The zero-order chi connectivity index (χ0) is 15.9. The van der Waals surface area contributed by atoms with Gasteiger partial charge in [-0.25, -0.2) is 4.98 Å². The van der Waals surface area contributed by atoms with Crippen LogP contribution in [0.5, 0.6) is 0 Å². The number of fused-ring (bicyclic) bond motifs is 1. The van der Waals surface area contributed by atoms with Gasteiger partial charge in [-0.1, -0.05) is 6.07 Å². The lowest BCUT2D eigenvalue weighted by Crippen LogP contribution is -2.27. The molecule has 0 saturated carbocycles. The maximum atomic E-state index is 12.6. The van der Waals surface area contributed by atoms with Crippen LogP contribution >= 0.6 is 0 Å². The van der Waals surface area contributed by atoms with E-state index < -0.39 is 0 Å². The van der Waals surface area contributed by atoms with Gasteiger partial charge in [0.25, 0.3) is 5.56 Å². The lowest BCUT2D eigenvalue weighted by molar-refractivity contribution is -0.127. The maximum Gasteiger partial charge on any atom is 0.261 e. The second kappa shape index (κ2) is 5.55. The van der Waals surface area contributed by atoms with Crippen molar-refractivity contribution in [1.82, 2.24) is 14.5 Å². The number of carbonyl (C=O) groups excluding carboxylic acids is 1. The highest BCUT2D eigenvalue weighted by Gasteiger charge is 2.28. The molecule has 2 aromatic rings. The van der Waals surface area contributed by atoms with Crippen molar-refractivity contribution in [3.8, 4) is 0 Å². The molecule has 0 spiro atoms. The Labute approximate surface area is 129 Å². The van der Waals surface area contributed by atoms with E-state index in [4.69, 9.17) is 0 Å². The molecule has 22 heavy (non-hydrogen) atoms. The summed E-state index contributed by atoms with van der Waals surface area (Å²) in [7, 11) is 0. The fourth-order valence-corrected chi connectivity index (χ4v) is 3.16. The van der Waals surface area contributed by atoms with Crippen LogP contribution in [0.15, 0.2) is 23.3 Å². The molecule has 1 aromatic carbocycles. The van der Waals surface area contributed by atoms with Crippen molar-refractivity contribution in [2.24, 2.45) is 5.92 Å². The molecule has 1 amide bonds. The fraction of sp³-hybridized carbons (Fsp3) is 0.471. The first-order valence-corrected chi connectivity index (χ1v) is 7.74. The minimum absolute atomic E-state index is 0.0181. The second-order valence-electron chi connectivity index (χ2n) is 6.11. The van der Waals surface area contributed by atoms with Crippen LogP contribution in [-0.4, -0.2) is 33.4 Å². The summed E-state index contributed by atoms with van der Waals surface area (Å²) >= 11 is 0. The molecule has 0 radical (unpaired) electrons. The van der Waals surface area contributed by atoms with Crippen LogP contribution in [0, 0.1) is 19.8 Å². The van der Waals surface area contributed by atoms with E-state index in [9.17, 15) is 9.59 Å². The van der Waals surface area contributed by atoms with E-state index in [1.54, 1.807) is 10.9 Å². The van der Waals surface area contributed by atoms with Gasteiger partial charge in [0, 0.05) is 32.0 Å². The number of nitrogens with zero attached hydrogens (tertiary/aromatic N) is 3. The highest BCUT2D eigenvalue weighted by molar-refractivity contribution is 5.81. The van der Waals surface area contributed by atoms with Crippen LogP contribution in [0.1, 0.15) is 24.5 Å². The van der Waals surface area contributed by atoms with E-state index in [0.717, 1.165) is 29.7 Å². The molecule has 0 aliphatic carbocycles. The SMILES string of the molecule is CCN1CC(Cn2cnc3c(C)c(C)ccc3c2=O)CC1=O. The average Bonchev–Trinajstić information content (AvgIpc) is 2.85. The minimum atomic E-state index is -0.0181. The van der Waals surface area contributed by atoms with Gasteiger partial charge in [0.05, 0.1) is 17.2 Å². The third kappa shape index (κ3) is 2.40. The highest BCUT2D eigenvalue weighted by Crippen LogP contribution is 2.20. The number of amides is 1. The van der Waals surface area contributed by atoms with Crippen molar-refractivity contribution in [2.75, 3.05) is 13.1 Å². The molecule has 2 heterocycles. The number of hydrogen-bond donors (Lipinski definition) is 0. The third-order valence-corrected chi connectivity index (χ3v) is 4.65. The van der Waals surface area contributed by atoms with Crippen LogP contribution in [0.3, 0.4) is 0 Å². The summed E-state index contributed by atoms with van der Waals surface area (Å²) in [4.78, 5) is 30.8. The maximum absolute atomic E-state index is 12.6. The molecule has 116 valence electrons. The number of carbonyl (C=O) groups is 1. The van der Waals surface area contributed by atoms with Crippen molar-refractivity contribution in [3.63, 3.8) is 0 Å². The van der Waals surface area contributed by atoms with Gasteiger partial charge in [-0.05, 0) is 38.0 Å². The molecule has 1 aliphatic rings. The fourth-order valence-electron chi connectivity index (χ4n) is 3.16. The normalized spacial score (nSPS) is 18.4. The quantitative estimate of drug-likeness (QED) is 0.869. The number of aryl methyl sites for hydroxylation is 2. The summed E-state index contributed by atoms with van der Waals surface area (Å²) in [6.45, 7) is 8.01. The van der Waals surface area contributed by atoms with Gasteiger partial charge in [0.1, 0.15) is 0 Å². The molecule has 1 aromatic heterocycles. The number of hydrogen-bond acceptors (Lipinski definition) is 3. The topological polar surface area (TPSA) is 55.2 Å². The number of benzene rings is 1. The number of likely N-dealkylation sites (tertiary alicyclic amines) is 1. The molecule has 1 atom stereocenters. The first kappa shape index (κ1) is 14.8. The minimum Gasteiger partial charge on any atom is -0.343 e. The van der Waals surface area contributed by atoms with Crippen molar-refractivity contribution in [2.45, 2.75) is 33.7 Å². The Morgan fingerprint density at radius 1 is 1.27 bits per heavy atom. The number of rotatable bonds is 3. The van der Waals surface area contributed by atoms with Gasteiger partial charge in [-0.15, -0.1) is 0 Å². The molecule has 0 bridgehead atoms. The van der Waals surface area contributed by atoms with E-state index in [1.807, 2.05) is 37.8 Å². The second-order valence-corrected chi connectivity index (χ2v) is 6.11. The van der Waals surface area contributed by atoms with Crippen molar-refractivity contribution < 1.29 is 4.79 Å². The Bertz CT molecular complexity index is 794. The molecule has 0 N–H and O–H groups in total. The largest absolute Gasteiger partial charge is 0.343 e. The van der Waals surface area contributed by atoms with Crippen LogP contribution in [0.25, 0.3) is 10.9 Å². The van der Waals surface area contributed by atoms with E-state index >= 15 is 0 Å². The molecule has 3 rings (SSSR count). The summed E-state index contributed by atoms with van der Waals surface area (Å²) < 4.78 is 1.65. The highest BCUT2D eigenvalue weighted by atomic mass is 16.2. The third-order valence-electron chi connectivity index (χ3n) is 4.65. The van der Waals surface area contributed by atoms with Crippen molar-refractivity contribution in [3.05, 3.63) is 39.9 Å². The molecule has 5 nitrogen and oxygen atoms in total. The Morgan fingerprint density at radius 2 is 2.05 bits per heavy atom. The summed E-state index contributed by atoms with van der Waals surface area (Å²) in [6.07, 6.45) is 2.14. The van der Waals surface area contributed by atoms with Gasteiger partial charge in [-0.3, -0.25) is 14.2 Å². The Hall–Kier alpha value is -2.17. The monoisotopic (exact) mass is 299 g/mol. The molecule has 1 saturated heterocycles. The van der Waals surface area contributed by atoms with Crippen LogP contribution in [-0.2, 0) is 11.3 Å². The smallest absolute Gasteiger partial charge is 0.261 e. The van der Waals surface area contributed by atoms with Gasteiger partial charge in [-0.2, -0.15) is 0 Å². The van der Waals surface area contributed by atoms with Gasteiger partial charge in [0.15, 0.2) is 0 Å².